The fourth-order valence-corrected chi connectivity index (χ4v) is 1.80. The Kier molecular flexibility index (Phi) is 5.69. The van der Waals surface area contributed by atoms with E-state index in [-0.39, 0.29) is 11.8 Å². The van der Waals surface area contributed by atoms with Crippen LogP contribution in [0.25, 0.3) is 0 Å². The third-order valence-electron chi connectivity index (χ3n) is 2.85. The van der Waals surface area contributed by atoms with Gasteiger partial charge in [-0.1, -0.05) is 13.8 Å². The van der Waals surface area contributed by atoms with Crippen molar-refractivity contribution in [1.29, 1.82) is 5.26 Å². The van der Waals surface area contributed by atoms with E-state index in [4.69, 9.17) is 10.00 Å². The van der Waals surface area contributed by atoms with Crippen molar-refractivity contribution in [2.45, 2.75) is 46.3 Å². The van der Waals surface area contributed by atoms with E-state index in [0.29, 0.717) is 11.1 Å². The third-order valence-corrected chi connectivity index (χ3v) is 2.85. The topological polar surface area (TPSA) is 79.2 Å². The zero-order chi connectivity index (χ0) is 16.9. The monoisotopic (exact) mass is 302 g/mol. The third kappa shape index (κ3) is 5.21. The van der Waals surface area contributed by atoms with Crippen LogP contribution < -0.4 is 5.32 Å². The summed E-state index contributed by atoms with van der Waals surface area (Å²) in [5.41, 5.74) is 0.376. The molecule has 1 atom stereocenters. The molecule has 5 heteroatoms. The van der Waals surface area contributed by atoms with E-state index >= 15 is 0 Å². The second-order valence-electron chi connectivity index (χ2n) is 6.50. The Bertz CT molecular complexity index is 577. The molecular weight excluding hydrogens is 280 g/mol. The van der Waals surface area contributed by atoms with Crippen molar-refractivity contribution in [2.24, 2.45) is 5.92 Å². The molecule has 1 aromatic rings. The van der Waals surface area contributed by atoms with Gasteiger partial charge in [0.05, 0.1) is 17.2 Å². The molecule has 1 amide bonds. The van der Waals surface area contributed by atoms with Gasteiger partial charge in [0.2, 0.25) is 0 Å². The molecule has 22 heavy (non-hydrogen) atoms. The number of ether oxygens (including phenoxy) is 1. The average molecular weight is 302 g/mol. The molecule has 0 radical (unpaired) electrons. The first-order valence-corrected chi connectivity index (χ1v) is 7.17. The Balaban J connectivity index is 2.84. The summed E-state index contributed by atoms with van der Waals surface area (Å²) in [5.74, 6) is -1.04. The molecule has 1 unspecified atom stereocenters. The molecule has 0 aliphatic rings. The van der Waals surface area contributed by atoms with Crippen LogP contribution in [-0.4, -0.2) is 23.5 Å². The first kappa shape index (κ1) is 17.7. The summed E-state index contributed by atoms with van der Waals surface area (Å²) in [5, 5.41) is 11.6. The van der Waals surface area contributed by atoms with E-state index in [1.54, 1.807) is 0 Å². The summed E-state index contributed by atoms with van der Waals surface area (Å²) in [4.78, 5) is 24.4. The Morgan fingerprint density at radius 3 is 2.14 bits per heavy atom. The summed E-state index contributed by atoms with van der Waals surface area (Å²) in [6.45, 7) is 9.23. The van der Waals surface area contributed by atoms with Crippen molar-refractivity contribution in [3.63, 3.8) is 0 Å². The Morgan fingerprint density at radius 2 is 1.73 bits per heavy atom. The average Bonchev–Trinajstić information content (AvgIpc) is 2.42. The number of amides is 1. The van der Waals surface area contributed by atoms with Gasteiger partial charge in [-0.05, 0) is 51.0 Å². The maximum absolute atomic E-state index is 12.2. The molecule has 0 saturated heterocycles. The second kappa shape index (κ2) is 7.08. The number of nitrogens with zero attached hydrogens (tertiary/aromatic N) is 1. The van der Waals surface area contributed by atoms with Crippen molar-refractivity contribution >= 4 is 11.9 Å². The largest absolute Gasteiger partial charge is 0.448 e. The minimum atomic E-state index is -0.859. The van der Waals surface area contributed by atoms with Crippen molar-refractivity contribution in [3.05, 3.63) is 35.4 Å². The van der Waals surface area contributed by atoms with Gasteiger partial charge in [-0.3, -0.25) is 4.79 Å². The Hall–Kier alpha value is -2.35. The molecule has 1 N–H and O–H groups in total. The van der Waals surface area contributed by atoms with Gasteiger partial charge in [0.25, 0.3) is 5.91 Å². The summed E-state index contributed by atoms with van der Waals surface area (Å²) in [7, 11) is 0. The lowest BCUT2D eigenvalue weighted by molar-refractivity contribution is -0.133. The van der Waals surface area contributed by atoms with E-state index in [0.717, 1.165) is 0 Å². The van der Waals surface area contributed by atoms with Crippen molar-refractivity contribution in [3.8, 4) is 6.07 Å². The van der Waals surface area contributed by atoms with Gasteiger partial charge in [0, 0.05) is 5.54 Å². The molecule has 0 heterocycles. The number of hydrogen-bond acceptors (Lipinski definition) is 4. The first-order valence-electron chi connectivity index (χ1n) is 7.17. The quantitative estimate of drug-likeness (QED) is 0.867. The summed E-state index contributed by atoms with van der Waals surface area (Å²) in [6.07, 6.45) is -0.859. The van der Waals surface area contributed by atoms with Crippen LogP contribution in [0.15, 0.2) is 24.3 Å². The molecule has 1 aromatic carbocycles. The van der Waals surface area contributed by atoms with E-state index in [1.165, 1.54) is 24.3 Å². The molecule has 118 valence electrons. The van der Waals surface area contributed by atoms with Gasteiger partial charge in [-0.15, -0.1) is 0 Å². The lowest BCUT2D eigenvalue weighted by Crippen LogP contribution is -2.48. The van der Waals surface area contributed by atoms with Crippen LogP contribution in [0.2, 0.25) is 0 Å². The summed E-state index contributed by atoms with van der Waals surface area (Å²) < 4.78 is 5.35. The highest BCUT2D eigenvalue weighted by atomic mass is 16.5. The molecule has 1 rings (SSSR count). The molecule has 0 fully saturated rings. The molecule has 5 nitrogen and oxygen atoms in total. The number of nitrogens with one attached hydrogen (secondary N) is 1. The normalized spacial score (nSPS) is 12.4. The van der Waals surface area contributed by atoms with Gasteiger partial charge >= 0.3 is 5.97 Å². The van der Waals surface area contributed by atoms with Crippen molar-refractivity contribution < 1.29 is 14.3 Å². The SMILES string of the molecule is CC(C)C(OC(=O)c1ccc(C#N)cc1)C(=O)NC(C)(C)C. The number of rotatable bonds is 4. The number of nitriles is 1. The van der Waals surface area contributed by atoms with E-state index in [2.05, 4.69) is 5.32 Å². The fraction of sp³-hybridized carbons (Fsp3) is 0.471. The summed E-state index contributed by atoms with van der Waals surface area (Å²) in [6, 6.07) is 8.08. The molecule has 0 aliphatic carbocycles. The number of esters is 1. The highest BCUT2D eigenvalue weighted by Crippen LogP contribution is 2.13. The predicted molar refractivity (Wildman–Crippen MR) is 83.1 cm³/mol. The number of carbonyl (C=O) groups excluding carboxylic acids is 2. The van der Waals surface area contributed by atoms with Gasteiger partial charge in [-0.25, -0.2) is 4.79 Å². The maximum atomic E-state index is 12.2. The van der Waals surface area contributed by atoms with Crippen LogP contribution in [-0.2, 0) is 9.53 Å². The maximum Gasteiger partial charge on any atom is 0.338 e. The molecule has 0 spiro atoms. The second-order valence-corrected chi connectivity index (χ2v) is 6.50. The molecule has 0 aromatic heterocycles. The van der Waals surface area contributed by atoms with Gasteiger partial charge in [0.1, 0.15) is 0 Å². The van der Waals surface area contributed by atoms with Crippen LogP contribution in [0, 0.1) is 17.2 Å². The molecule has 0 saturated carbocycles. The van der Waals surface area contributed by atoms with Crippen molar-refractivity contribution in [1.82, 2.24) is 5.32 Å². The summed E-state index contributed by atoms with van der Waals surface area (Å²) >= 11 is 0. The highest BCUT2D eigenvalue weighted by Gasteiger charge is 2.29. The Labute approximate surface area is 131 Å². The fourth-order valence-electron chi connectivity index (χ4n) is 1.80. The van der Waals surface area contributed by atoms with Crippen LogP contribution in [0.5, 0.6) is 0 Å². The lowest BCUT2D eigenvalue weighted by Gasteiger charge is -2.26. The van der Waals surface area contributed by atoms with E-state index in [9.17, 15) is 9.59 Å². The standard InChI is InChI=1S/C17H22N2O3/c1-11(2)14(15(20)19-17(3,4)5)22-16(21)13-8-6-12(10-18)7-9-13/h6-9,11,14H,1-5H3,(H,19,20). The number of benzene rings is 1. The van der Waals surface area contributed by atoms with Crippen LogP contribution in [0.4, 0.5) is 0 Å². The number of hydrogen-bond donors (Lipinski definition) is 1. The zero-order valence-electron chi connectivity index (χ0n) is 13.6. The zero-order valence-corrected chi connectivity index (χ0v) is 13.6. The van der Waals surface area contributed by atoms with E-state index < -0.39 is 17.6 Å². The molecule has 0 bridgehead atoms. The van der Waals surface area contributed by atoms with Crippen LogP contribution in [0.1, 0.15) is 50.5 Å². The lowest BCUT2D eigenvalue weighted by atomic mass is 10.0. The predicted octanol–water partition coefficient (Wildman–Crippen LogP) is 2.65. The minimum Gasteiger partial charge on any atom is -0.448 e. The van der Waals surface area contributed by atoms with Crippen molar-refractivity contribution in [2.75, 3.05) is 0 Å². The van der Waals surface area contributed by atoms with Crippen LogP contribution >= 0.6 is 0 Å². The minimum absolute atomic E-state index is 0.148. The van der Waals surface area contributed by atoms with Crippen LogP contribution in [0.3, 0.4) is 0 Å². The molecule has 0 aliphatic heterocycles. The smallest absolute Gasteiger partial charge is 0.338 e. The Morgan fingerprint density at radius 1 is 1.18 bits per heavy atom. The molecular formula is C17H22N2O3. The van der Waals surface area contributed by atoms with Gasteiger partial charge in [0.15, 0.2) is 6.10 Å². The number of carbonyl (C=O) groups is 2. The van der Waals surface area contributed by atoms with Gasteiger partial charge < -0.3 is 10.1 Å². The van der Waals surface area contributed by atoms with E-state index in [1.807, 2.05) is 40.7 Å². The highest BCUT2D eigenvalue weighted by molar-refractivity contribution is 5.92. The van der Waals surface area contributed by atoms with Gasteiger partial charge in [-0.2, -0.15) is 5.26 Å². The first-order chi connectivity index (χ1) is 10.1.